The quantitative estimate of drug-likeness (QED) is 0.555. The fraction of sp³-hybridized carbons (Fsp3) is 0.600. The molecule has 1 aliphatic rings. The van der Waals surface area contributed by atoms with Crippen molar-refractivity contribution in [1.82, 2.24) is 15.4 Å². The van der Waals surface area contributed by atoms with Crippen LogP contribution in [0.15, 0.2) is 18.7 Å². The van der Waals surface area contributed by atoms with Crippen LogP contribution in [0, 0.1) is 5.92 Å². The lowest BCUT2D eigenvalue weighted by atomic mass is 9.80. The molecule has 0 bridgehead atoms. The minimum absolute atomic E-state index is 0.210. The van der Waals surface area contributed by atoms with Gasteiger partial charge in [-0.1, -0.05) is 19.3 Å². The number of nitrogens with zero attached hydrogens (tertiary/aromatic N) is 2. The first-order chi connectivity index (χ1) is 6.90. The van der Waals surface area contributed by atoms with Gasteiger partial charge in [0, 0.05) is 24.0 Å². The number of nitrogens with one attached hydrogen (secondary N) is 1. The first-order valence-electron chi connectivity index (χ1n) is 5.11. The van der Waals surface area contributed by atoms with E-state index in [9.17, 15) is 0 Å². The van der Waals surface area contributed by atoms with Crippen molar-refractivity contribution >= 4 is 0 Å². The van der Waals surface area contributed by atoms with Crippen LogP contribution in [0.1, 0.15) is 37.3 Å². The second-order valence-corrected chi connectivity index (χ2v) is 3.92. The first-order valence-corrected chi connectivity index (χ1v) is 5.11. The number of rotatable bonds is 4. The molecule has 1 atom stereocenters. The molecule has 1 saturated carbocycles. The van der Waals surface area contributed by atoms with Gasteiger partial charge >= 0.3 is 0 Å². The van der Waals surface area contributed by atoms with Crippen LogP contribution >= 0.6 is 0 Å². The van der Waals surface area contributed by atoms with E-state index in [0.29, 0.717) is 0 Å². The van der Waals surface area contributed by atoms with Gasteiger partial charge in [-0.25, -0.2) is 9.97 Å². The Morgan fingerprint density at radius 1 is 1.43 bits per heavy atom. The average Bonchev–Trinajstić information content (AvgIpc) is 2.18. The van der Waals surface area contributed by atoms with E-state index in [1.165, 1.54) is 19.3 Å². The minimum atomic E-state index is 0.210. The van der Waals surface area contributed by atoms with Crippen LogP contribution in [-0.4, -0.2) is 9.97 Å². The maximum absolute atomic E-state index is 5.53. The van der Waals surface area contributed by atoms with E-state index in [4.69, 9.17) is 5.84 Å². The summed E-state index contributed by atoms with van der Waals surface area (Å²) < 4.78 is 0. The molecular formula is C10H16N4. The lowest BCUT2D eigenvalue weighted by molar-refractivity contribution is 0.261. The topological polar surface area (TPSA) is 63.8 Å². The Bertz CT molecular complexity index is 271. The van der Waals surface area contributed by atoms with Crippen LogP contribution in [0.5, 0.6) is 0 Å². The fourth-order valence-electron chi connectivity index (χ4n) is 1.85. The summed E-state index contributed by atoms with van der Waals surface area (Å²) in [5.41, 5.74) is 3.92. The van der Waals surface area contributed by atoms with Gasteiger partial charge in [-0.05, 0) is 12.3 Å². The normalized spacial score (nSPS) is 18.9. The van der Waals surface area contributed by atoms with Crippen LogP contribution in [0.2, 0.25) is 0 Å². The zero-order valence-electron chi connectivity index (χ0n) is 8.19. The molecule has 1 aromatic rings. The summed E-state index contributed by atoms with van der Waals surface area (Å²) in [5, 5.41) is 0. The molecule has 0 spiro atoms. The highest BCUT2D eigenvalue weighted by Gasteiger charge is 2.22. The molecule has 0 radical (unpaired) electrons. The predicted molar refractivity (Wildman–Crippen MR) is 54.1 cm³/mol. The van der Waals surface area contributed by atoms with Crippen LogP contribution in [0.3, 0.4) is 0 Å². The fourth-order valence-corrected chi connectivity index (χ4v) is 1.85. The van der Waals surface area contributed by atoms with E-state index in [1.54, 1.807) is 6.33 Å². The molecular weight excluding hydrogens is 176 g/mol. The molecule has 2 rings (SSSR count). The van der Waals surface area contributed by atoms with Crippen molar-refractivity contribution < 1.29 is 0 Å². The van der Waals surface area contributed by atoms with Crippen LogP contribution in [0.25, 0.3) is 0 Å². The molecule has 0 aromatic carbocycles. The molecule has 0 saturated heterocycles. The van der Waals surface area contributed by atoms with Crippen molar-refractivity contribution in [3.05, 3.63) is 24.3 Å². The smallest absolute Gasteiger partial charge is 0.115 e. The van der Waals surface area contributed by atoms with Crippen LogP contribution in [-0.2, 0) is 0 Å². The summed E-state index contributed by atoms with van der Waals surface area (Å²) in [6, 6.07) is 0.210. The highest BCUT2D eigenvalue weighted by Crippen LogP contribution is 2.33. The van der Waals surface area contributed by atoms with Crippen molar-refractivity contribution in [3.63, 3.8) is 0 Å². The van der Waals surface area contributed by atoms with Gasteiger partial charge in [0.2, 0.25) is 0 Å². The Labute approximate surface area is 83.9 Å². The van der Waals surface area contributed by atoms with E-state index in [2.05, 4.69) is 15.4 Å². The third-order valence-corrected chi connectivity index (χ3v) is 2.98. The monoisotopic (exact) mass is 192 g/mol. The summed E-state index contributed by atoms with van der Waals surface area (Å²) >= 11 is 0. The molecule has 76 valence electrons. The van der Waals surface area contributed by atoms with E-state index in [0.717, 1.165) is 17.9 Å². The molecule has 1 aliphatic carbocycles. The zero-order chi connectivity index (χ0) is 9.80. The van der Waals surface area contributed by atoms with Crippen LogP contribution in [0.4, 0.5) is 0 Å². The number of hydrogen-bond donors (Lipinski definition) is 2. The number of aromatic nitrogens is 2. The van der Waals surface area contributed by atoms with Crippen molar-refractivity contribution in [2.75, 3.05) is 0 Å². The second-order valence-electron chi connectivity index (χ2n) is 3.92. The van der Waals surface area contributed by atoms with Gasteiger partial charge in [0.15, 0.2) is 0 Å². The molecule has 0 amide bonds. The van der Waals surface area contributed by atoms with Crippen molar-refractivity contribution in [3.8, 4) is 0 Å². The van der Waals surface area contributed by atoms with Crippen molar-refractivity contribution in [2.24, 2.45) is 11.8 Å². The highest BCUT2D eigenvalue weighted by molar-refractivity contribution is 5.09. The van der Waals surface area contributed by atoms with Gasteiger partial charge < -0.3 is 0 Å². The summed E-state index contributed by atoms with van der Waals surface area (Å²) in [7, 11) is 0. The summed E-state index contributed by atoms with van der Waals surface area (Å²) in [6.07, 6.45) is 10.3. The molecule has 4 heteroatoms. The third-order valence-electron chi connectivity index (χ3n) is 2.98. The van der Waals surface area contributed by atoms with Gasteiger partial charge in [0.1, 0.15) is 6.33 Å². The summed E-state index contributed by atoms with van der Waals surface area (Å²) in [6.45, 7) is 0. The Morgan fingerprint density at radius 3 is 2.64 bits per heavy atom. The number of nitrogens with two attached hydrogens (primary N) is 1. The van der Waals surface area contributed by atoms with Crippen LogP contribution < -0.4 is 11.3 Å². The Balaban J connectivity index is 1.98. The van der Waals surface area contributed by atoms with E-state index < -0.39 is 0 Å². The molecule has 1 unspecified atom stereocenters. The maximum Gasteiger partial charge on any atom is 0.115 e. The third kappa shape index (κ3) is 2.08. The van der Waals surface area contributed by atoms with Crippen molar-refractivity contribution in [1.29, 1.82) is 0 Å². The molecule has 0 aliphatic heterocycles. The Morgan fingerprint density at radius 2 is 2.14 bits per heavy atom. The predicted octanol–water partition coefficient (Wildman–Crippen LogP) is 1.17. The van der Waals surface area contributed by atoms with Gasteiger partial charge in [-0.2, -0.15) is 0 Å². The van der Waals surface area contributed by atoms with Gasteiger partial charge in [-0.15, -0.1) is 0 Å². The lowest BCUT2D eigenvalue weighted by Gasteiger charge is -2.29. The maximum atomic E-state index is 5.53. The molecule has 1 fully saturated rings. The summed E-state index contributed by atoms with van der Waals surface area (Å²) in [4.78, 5) is 8.00. The Hall–Kier alpha value is -1.00. The molecule has 4 nitrogen and oxygen atoms in total. The van der Waals surface area contributed by atoms with Gasteiger partial charge in [0.05, 0.1) is 0 Å². The average molecular weight is 192 g/mol. The van der Waals surface area contributed by atoms with Gasteiger partial charge in [0.25, 0.3) is 0 Å². The largest absolute Gasteiger partial charge is 0.271 e. The zero-order valence-corrected chi connectivity index (χ0v) is 8.19. The number of hydrazine groups is 1. The Kier molecular flexibility index (Phi) is 3.06. The van der Waals surface area contributed by atoms with E-state index in [1.807, 2.05) is 12.4 Å². The lowest BCUT2D eigenvalue weighted by Crippen LogP contribution is -2.31. The molecule has 1 aromatic heterocycles. The SMILES string of the molecule is NNC(CC1CCC1)c1cncnc1. The summed E-state index contributed by atoms with van der Waals surface area (Å²) in [5.74, 6) is 6.36. The second kappa shape index (κ2) is 4.48. The standard InChI is InChI=1S/C10H16N4/c11-14-10(4-8-2-1-3-8)9-5-12-7-13-6-9/h5-8,10,14H,1-4,11H2. The number of hydrogen-bond acceptors (Lipinski definition) is 4. The molecule has 1 heterocycles. The first kappa shape index (κ1) is 9.55. The van der Waals surface area contributed by atoms with E-state index in [-0.39, 0.29) is 6.04 Å². The minimum Gasteiger partial charge on any atom is -0.271 e. The molecule has 14 heavy (non-hydrogen) atoms. The van der Waals surface area contributed by atoms with E-state index >= 15 is 0 Å². The highest BCUT2D eigenvalue weighted by atomic mass is 15.2. The molecule has 3 N–H and O–H groups in total. The van der Waals surface area contributed by atoms with Gasteiger partial charge in [-0.3, -0.25) is 11.3 Å². The van der Waals surface area contributed by atoms with Crippen molar-refractivity contribution in [2.45, 2.75) is 31.7 Å².